The fraction of sp³-hybridized carbons (Fsp3) is 0.355. The number of methoxy groups -OCH3 is 2. The number of benzene rings is 3. The standard InChI is InChI=1S/C31H39N3O6S/c1-6-7-19-32-31(36)24(3)33(21-25-15-13-23(2)14-16-25)30(35)22-34(41(37,38)27-11-9-8-10-12-27)28-20-26(39-4)17-18-29(28)40-5/h8-18,20,24H,6-7,19,21-22H2,1-5H3,(H,32,36)/t24-/m0/s1. The van der Waals surface area contributed by atoms with Gasteiger partial charge in [-0.25, -0.2) is 8.42 Å². The number of amides is 2. The first kappa shape index (κ1) is 31.5. The lowest BCUT2D eigenvalue weighted by molar-refractivity contribution is -0.139. The van der Waals surface area contributed by atoms with Crippen LogP contribution in [0.15, 0.2) is 77.7 Å². The molecule has 0 aliphatic carbocycles. The summed E-state index contributed by atoms with van der Waals surface area (Å²) in [7, 11) is -1.34. The highest BCUT2D eigenvalue weighted by molar-refractivity contribution is 7.92. The Morgan fingerprint density at radius 1 is 0.951 bits per heavy atom. The van der Waals surface area contributed by atoms with Gasteiger partial charge in [0.15, 0.2) is 0 Å². The highest BCUT2D eigenvalue weighted by Crippen LogP contribution is 2.36. The van der Waals surface area contributed by atoms with E-state index in [0.717, 1.165) is 28.3 Å². The molecule has 0 radical (unpaired) electrons. The van der Waals surface area contributed by atoms with Crippen LogP contribution in [0, 0.1) is 6.92 Å². The summed E-state index contributed by atoms with van der Waals surface area (Å²) in [4.78, 5) is 28.6. The second kappa shape index (κ2) is 14.5. The van der Waals surface area contributed by atoms with Crippen molar-refractivity contribution in [3.8, 4) is 11.5 Å². The van der Waals surface area contributed by atoms with E-state index in [1.165, 1.54) is 37.3 Å². The number of rotatable bonds is 14. The molecule has 0 saturated heterocycles. The maximum Gasteiger partial charge on any atom is 0.264 e. The third-order valence-corrected chi connectivity index (χ3v) is 8.51. The van der Waals surface area contributed by atoms with Gasteiger partial charge in [-0.2, -0.15) is 0 Å². The molecule has 0 aromatic heterocycles. The molecular weight excluding hydrogens is 542 g/mol. The van der Waals surface area contributed by atoms with E-state index < -0.39 is 28.5 Å². The third-order valence-electron chi connectivity index (χ3n) is 6.74. The molecule has 0 heterocycles. The summed E-state index contributed by atoms with van der Waals surface area (Å²) in [5, 5.41) is 2.89. The molecule has 0 saturated carbocycles. The summed E-state index contributed by atoms with van der Waals surface area (Å²) >= 11 is 0. The smallest absolute Gasteiger partial charge is 0.264 e. The predicted molar refractivity (Wildman–Crippen MR) is 160 cm³/mol. The Labute approximate surface area is 243 Å². The van der Waals surface area contributed by atoms with Gasteiger partial charge in [-0.3, -0.25) is 13.9 Å². The van der Waals surface area contributed by atoms with Crippen molar-refractivity contribution in [1.29, 1.82) is 0 Å². The summed E-state index contributed by atoms with van der Waals surface area (Å²) in [5.41, 5.74) is 2.01. The minimum atomic E-state index is -4.23. The summed E-state index contributed by atoms with van der Waals surface area (Å²) in [6.07, 6.45) is 1.72. The van der Waals surface area contributed by atoms with Crippen molar-refractivity contribution in [3.05, 3.63) is 83.9 Å². The average Bonchev–Trinajstić information content (AvgIpc) is 2.99. The molecule has 1 N–H and O–H groups in total. The van der Waals surface area contributed by atoms with Gasteiger partial charge in [0.05, 0.1) is 24.8 Å². The Bertz CT molecular complexity index is 1410. The largest absolute Gasteiger partial charge is 0.497 e. The number of carbonyl (C=O) groups is 2. The molecule has 0 bridgehead atoms. The summed E-state index contributed by atoms with van der Waals surface area (Å²) in [6, 6.07) is 19.4. The van der Waals surface area contributed by atoms with Gasteiger partial charge in [-0.05, 0) is 50.1 Å². The predicted octanol–water partition coefficient (Wildman–Crippen LogP) is 4.54. The SMILES string of the molecule is CCCCNC(=O)[C@H](C)N(Cc1ccc(C)cc1)C(=O)CN(c1cc(OC)ccc1OC)S(=O)(=O)c1ccccc1. The van der Waals surface area contributed by atoms with Crippen LogP contribution in [-0.2, 0) is 26.2 Å². The monoisotopic (exact) mass is 581 g/mol. The molecule has 9 nitrogen and oxygen atoms in total. The van der Waals surface area contributed by atoms with Crippen molar-refractivity contribution in [2.45, 2.75) is 51.1 Å². The Morgan fingerprint density at radius 2 is 1.63 bits per heavy atom. The Hall–Kier alpha value is -4.05. The zero-order valence-corrected chi connectivity index (χ0v) is 25.1. The van der Waals surface area contributed by atoms with Crippen molar-refractivity contribution in [2.24, 2.45) is 0 Å². The normalized spacial score (nSPS) is 11.8. The van der Waals surface area contributed by atoms with Crippen molar-refractivity contribution in [3.63, 3.8) is 0 Å². The van der Waals surface area contributed by atoms with E-state index in [2.05, 4.69) is 5.32 Å². The van der Waals surface area contributed by atoms with Gasteiger partial charge >= 0.3 is 0 Å². The number of nitrogens with one attached hydrogen (secondary N) is 1. The number of carbonyl (C=O) groups excluding carboxylic acids is 2. The van der Waals surface area contributed by atoms with Crippen LogP contribution in [0.4, 0.5) is 5.69 Å². The molecule has 220 valence electrons. The van der Waals surface area contributed by atoms with Gasteiger partial charge < -0.3 is 19.7 Å². The molecule has 3 aromatic rings. The van der Waals surface area contributed by atoms with Crippen LogP contribution in [0.25, 0.3) is 0 Å². The van der Waals surface area contributed by atoms with Crippen molar-refractivity contribution in [2.75, 3.05) is 31.6 Å². The van der Waals surface area contributed by atoms with Crippen molar-refractivity contribution >= 4 is 27.5 Å². The van der Waals surface area contributed by atoms with Gasteiger partial charge in [0.25, 0.3) is 10.0 Å². The van der Waals surface area contributed by atoms with Crippen LogP contribution >= 0.6 is 0 Å². The van der Waals surface area contributed by atoms with Gasteiger partial charge in [-0.1, -0.05) is 61.4 Å². The fourth-order valence-corrected chi connectivity index (χ4v) is 5.67. The van der Waals surface area contributed by atoms with Crippen LogP contribution in [0.5, 0.6) is 11.5 Å². The minimum absolute atomic E-state index is 0.00751. The molecule has 0 fully saturated rings. The molecule has 0 spiro atoms. The van der Waals surface area contributed by atoms with Gasteiger partial charge in [0.1, 0.15) is 24.1 Å². The first-order chi connectivity index (χ1) is 19.6. The topological polar surface area (TPSA) is 105 Å². The van der Waals surface area contributed by atoms with Crippen molar-refractivity contribution in [1.82, 2.24) is 10.2 Å². The van der Waals surface area contributed by atoms with E-state index in [1.54, 1.807) is 37.3 Å². The zero-order valence-electron chi connectivity index (χ0n) is 24.3. The van der Waals surface area contributed by atoms with Crippen LogP contribution in [0.2, 0.25) is 0 Å². The number of anilines is 1. The molecule has 41 heavy (non-hydrogen) atoms. The van der Waals surface area contributed by atoms with E-state index in [0.29, 0.717) is 12.3 Å². The van der Waals surface area contributed by atoms with Crippen LogP contribution in [0.1, 0.15) is 37.8 Å². The highest BCUT2D eigenvalue weighted by atomic mass is 32.2. The fourth-order valence-electron chi connectivity index (χ4n) is 4.23. The lowest BCUT2D eigenvalue weighted by atomic mass is 10.1. The molecule has 10 heteroatoms. The minimum Gasteiger partial charge on any atom is -0.497 e. The van der Waals surface area contributed by atoms with E-state index in [4.69, 9.17) is 9.47 Å². The van der Waals surface area contributed by atoms with E-state index >= 15 is 0 Å². The second-order valence-corrected chi connectivity index (χ2v) is 11.6. The number of ether oxygens (including phenoxy) is 2. The number of nitrogens with zero attached hydrogens (tertiary/aromatic N) is 2. The summed E-state index contributed by atoms with van der Waals surface area (Å²) in [6.45, 7) is 5.67. The third kappa shape index (κ3) is 8.00. The first-order valence-electron chi connectivity index (χ1n) is 13.5. The van der Waals surface area contributed by atoms with Crippen LogP contribution < -0.4 is 19.1 Å². The van der Waals surface area contributed by atoms with Crippen molar-refractivity contribution < 1.29 is 27.5 Å². The molecule has 0 aliphatic heterocycles. The number of aryl methyl sites for hydroxylation is 1. The summed E-state index contributed by atoms with van der Waals surface area (Å²) < 4.78 is 39.9. The number of hydrogen-bond donors (Lipinski definition) is 1. The summed E-state index contributed by atoms with van der Waals surface area (Å²) in [5.74, 6) is -0.223. The molecule has 0 unspecified atom stereocenters. The van der Waals surface area contributed by atoms with Gasteiger partial charge in [0, 0.05) is 19.2 Å². The van der Waals surface area contributed by atoms with Gasteiger partial charge in [0.2, 0.25) is 11.8 Å². The number of hydrogen-bond acceptors (Lipinski definition) is 6. The maximum atomic E-state index is 14.1. The Kier molecular flexibility index (Phi) is 11.2. The number of sulfonamides is 1. The molecule has 1 atom stereocenters. The van der Waals surface area contributed by atoms with Crippen LogP contribution in [0.3, 0.4) is 0 Å². The molecule has 3 aromatic carbocycles. The van der Waals surface area contributed by atoms with Crippen LogP contribution in [-0.4, -0.2) is 58.5 Å². The quantitative estimate of drug-likeness (QED) is 0.280. The average molecular weight is 582 g/mol. The van der Waals surface area contributed by atoms with E-state index in [1.807, 2.05) is 38.1 Å². The lowest BCUT2D eigenvalue weighted by Gasteiger charge is -2.32. The Balaban J connectivity index is 2.07. The Morgan fingerprint density at radius 3 is 2.24 bits per heavy atom. The second-order valence-electron chi connectivity index (χ2n) is 9.69. The molecular formula is C31H39N3O6S. The first-order valence-corrected chi connectivity index (χ1v) is 15.0. The van der Waals surface area contributed by atoms with E-state index in [9.17, 15) is 18.0 Å². The molecule has 3 rings (SSSR count). The van der Waals surface area contributed by atoms with Gasteiger partial charge in [-0.15, -0.1) is 0 Å². The number of unbranched alkanes of at least 4 members (excludes halogenated alkanes) is 1. The lowest BCUT2D eigenvalue weighted by Crippen LogP contribution is -2.51. The van der Waals surface area contributed by atoms with E-state index in [-0.39, 0.29) is 28.8 Å². The zero-order chi connectivity index (χ0) is 30.0. The highest BCUT2D eigenvalue weighted by Gasteiger charge is 2.34. The maximum absolute atomic E-state index is 14.1. The molecule has 2 amide bonds. The molecule has 0 aliphatic rings.